The first-order valence-electron chi connectivity index (χ1n) is 6.99. The van der Waals surface area contributed by atoms with E-state index >= 15 is 0 Å². The second-order valence-corrected chi connectivity index (χ2v) is 5.13. The minimum Gasteiger partial charge on any atom is -0.508 e. The number of ether oxygens (including phenoxy) is 1. The largest absolute Gasteiger partial charge is 0.508 e. The van der Waals surface area contributed by atoms with Crippen molar-refractivity contribution in [3.8, 4) is 5.75 Å². The van der Waals surface area contributed by atoms with E-state index in [4.69, 9.17) is 10.5 Å². The van der Waals surface area contributed by atoms with Crippen LogP contribution in [0.5, 0.6) is 5.75 Å². The van der Waals surface area contributed by atoms with Gasteiger partial charge in [-0.25, -0.2) is 4.98 Å². The van der Waals surface area contributed by atoms with E-state index in [1.165, 1.54) is 0 Å². The quantitative estimate of drug-likeness (QED) is 0.465. The highest BCUT2D eigenvalue weighted by molar-refractivity contribution is 7.16. The maximum absolute atomic E-state index is 9.51. The topological polar surface area (TPSA) is 111 Å². The molecule has 2 heterocycles. The average Bonchev–Trinajstić information content (AvgIpc) is 2.91. The third kappa shape index (κ3) is 3.49. The Kier molecular flexibility index (Phi) is 4.55. The first-order valence-corrected chi connectivity index (χ1v) is 7.81. The maximum atomic E-state index is 9.51. The number of phenols is 1. The summed E-state index contributed by atoms with van der Waals surface area (Å²) < 4.78 is 7.18. The van der Waals surface area contributed by atoms with Crippen LogP contribution < -0.4 is 11.1 Å². The van der Waals surface area contributed by atoms with Crippen molar-refractivity contribution < 1.29 is 9.84 Å². The second kappa shape index (κ2) is 6.76. The highest BCUT2D eigenvalue weighted by Gasteiger charge is 2.11. The van der Waals surface area contributed by atoms with E-state index in [0.29, 0.717) is 48.1 Å². The Morgan fingerprint density at radius 1 is 1.35 bits per heavy atom. The molecule has 9 heteroatoms. The highest BCUT2D eigenvalue weighted by atomic mass is 31.0. The number of nitrogens with one attached hydrogen (secondary N) is 1. The van der Waals surface area contributed by atoms with E-state index < -0.39 is 0 Å². The Labute approximate surface area is 134 Å². The molecule has 1 unspecified atom stereocenters. The number of hydrogen-bond donors (Lipinski definition) is 3. The lowest BCUT2D eigenvalue weighted by atomic mass is 10.3. The SMILES string of the molecule is Nc1nc(Nc2cccc(O)c2)nc2c1ncn2CCOCP. The van der Waals surface area contributed by atoms with E-state index in [0.717, 1.165) is 0 Å². The van der Waals surface area contributed by atoms with Gasteiger partial charge in [0.25, 0.3) is 0 Å². The summed E-state index contributed by atoms with van der Waals surface area (Å²) in [6.07, 6.45) is 2.24. The third-order valence-electron chi connectivity index (χ3n) is 3.19. The molecule has 0 saturated heterocycles. The van der Waals surface area contributed by atoms with Gasteiger partial charge in [-0.05, 0) is 12.1 Å². The number of nitrogens with two attached hydrogens (primary N) is 1. The Bertz CT molecular complexity index is 822. The van der Waals surface area contributed by atoms with E-state index in [2.05, 4.69) is 29.5 Å². The summed E-state index contributed by atoms with van der Waals surface area (Å²) in [6, 6.07) is 6.69. The first-order chi connectivity index (χ1) is 11.2. The van der Waals surface area contributed by atoms with Crippen LogP contribution in [0.3, 0.4) is 0 Å². The van der Waals surface area contributed by atoms with Gasteiger partial charge < -0.3 is 25.5 Å². The summed E-state index contributed by atoms with van der Waals surface area (Å²) in [6.45, 7) is 1.17. The van der Waals surface area contributed by atoms with Crippen molar-refractivity contribution in [2.75, 3.05) is 24.0 Å². The molecule has 120 valence electrons. The molecule has 2 aromatic heterocycles. The minimum atomic E-state index is 0.156. The fourth-order valence-corrected chi connectivity index (χ4v) is 2.31. The molecule has 0 aliphatic carbocycles. The van der Waals surface area contributed by atoms with Gasteiger partial charge >= 0.3 is 0 Å². The molecule has 3 rings (SSSR count). The number of aromatic hydroxyl groups is 1. The molecular formula is C14H17N6O2P. The van der Waals surface area contributed by atoms with Crippen molar-refractivity contribution in [1.82, 2.24) is 19.5 Å². The van der Waals surface area contributed by atoms with Crippen molar-refractivity contribution in [2.45, 2.75) is 6.54 Å². The van der Waals surface area contributed by atoms with Gasteiger partial charge in [-0.2, -0.15) is 9.97 Å². The van der Waals surface area contributed by atoms with Crippen LogP contribution >= 0.6 is 9.24 Å². The van der Waals surface area contributed by atoms with E-state index in [1.807, 2.05) is 4.57 Å². The number of benzene rings is 1. The fourth-order valence-electron chi connectivity index (χ4n) is 2.14. The lowest BCUT2D eigenvalue weighted by Crippen LogP contribution is -2.07. The molecule has 0 aliphatic rings. The van der Waals surface area contributed by atoms with Crippen LogP contribution in [0.1, 0.15) is 0 Å². The van der Waals surface area contributed by atoms with Gasteiger partial charge in [-0.3, -0.25) is 0 Å². The van der Waals surface area contributed by atoms with Crippen molar-refractivity contribution in [2.24, 2.45) is 0 Å². The van der Waals surface area contributed by atoms with Gasteiger partial charge in [0.2, 0.25) is 5.95 Å². The number of anilines is 3. The first kappa shape index (κ1) is 15.5. The molecule has 0 fully saturated rings. The van der Waals surface area contributed by atoms with Gasteiger partial charge in [0.1, 0.15) is 11.3 Å². The van der Waals surface area contributed by atoms with Crippen LogP contribution in [-0.4, -0.2) is 37.6 Å². The zero-order valence-corrected chi connectivity index (χ0v) is 13.5. The van der Waals surface area contributed by atoms with Gasteiger partial charge in [0, 0.05) is 18.3 Å². The van der Waals surface area contributed by atoms with Crippen LogP contribution in [-0.2, 0) is 11.3 Å². The fraction of sp³-hybridized carbons (Fsp3) is 0.214. The summed E-state index contributed by atoms with van der Waals surface area (Å²) >= 11 is 0. The van der Waals surface area contributed by atoms with Crippen LogP contribution in [0.4, 0.5) is 17.5 Å². The molecule has 1 atom stereocenters. The molecule has 8 nitrogen and oxygen atoms in total. The summed E-state index contributed by atoms with van der Waals surface area (Å²) in [5, 5.41) is 12.5. The zero-order valence-electron chi connectivity index (χ0n) is 12.3. The molecular weight excluding hydrogens is 315 g/mol. The molecule has 1 aromatic carbocycles. The van der Waals surface area contributed by atoms with Gasteiger partial charge in [0.05, 0.1) is 19.3 Å². The molecule has 3 aromatic rings. The predicted octanol–water partition coefficient (Wildman–Crippen LogP) is 1.71. The minimum absolute atomic E-state index is 0.156. The van der Waals surface area contributed by atoms with Gasteiger partial charge in [0.15, 0.2) is 11.5 Å². The standard InChI is InChI=1S/C14H17N6O2P/c15-12-11-13(20(7-16-11)4-5-22-8-23)19-14(18-12)17-9-2-1-3-10(21)6-9/h1-3,6-7,21H,4-5,8,23H2,(H3,15,17,18,19). The van der Waals surface area contributed by atoms with Crippen molar-refractivity contribution >= 4 is 37.9 Å². The Hall–Kier alpha value is -2.44. The summed E-state index contributed by atoms with van der Waals surface area (Å²) in [7, 11) is 2.51. The smallest absolute Gasteiger partial charge is 0.231 e. The maximum Gasteiger partial charge on any atom is 0.231 e. The van der Waals surface area contributed by atoms with Crippen LogP contribution in [0.15, 0.2) is 30.6 Å². The van der Waals surface area contributed by atoms with Gasteiger partial charge in [-0.1, -0.05) is 6.07 Å². The number of fused-ring (bicyclic) bond motifs is 1. The summed E-state index contributed by atoms with van der Waals surface area (Å²) in [5.41, 5.74) is 7.81. The number of nitrogen functional groups attached to an aromatic ring is 1. The number of hydrogen-bond acceptors (Lipinski definition) is 7. The molecule has 23 heavy (non-hydrogen) atoms. The molecule has 0 aliphatic heterocycles. The predicted molar refractivity (Wildman–Crippen MR) is 91.7 cm³/mol. The lowest BCUT2D eigenvalue weighted by Gasteiger charge is -2.08. The number of phenolic OH excluding ortho intramolecular Hbond substituents is 1. The molecule has 0 saturated carbocycles. The molecule has 4 N–H and O–H groups in total. The van der Waals surface area contributed by atoms with Crippen LogP contribution in [0.25, 0.3) is 11.2 Å². The molecule has 0 bridgehead atoms. The molecule has 0 radical (unpaired) electrons. The lowest BCUT2D eigenvalue weighted by molar-refractivity contribution is 0.173. The van der Waals surface area contributed by atoms with Gasteiger partial charge in [-0.15, -0.1) is 9.24 Å². The second-order valence-electron chi connectivity index (χ2n) is 4.79. The van der Waals surface area contributed by atoms with Crippen molar-refractivity contribution in [3.63, 3.8) is 0 Å². The van der Waals surface area contributed by atoms with Crippen molar-refractivity contribution in [3.05, 3.63) is 30.6 Å². The zero-order chi connectivity index (χ0) is 16.2. The van der Waals surface area contributed by atoms with E-state index in [-0.39, 0.29) is 5.75 Å². The Balaban J connectivity index is 1.90. The average molecular weight is 332 g/mol. The molecule has 0 spiro atoms. The number of nitrogens with zero attached hydrogens (tertiary/aromatic N) is 4. The van der Waals surface area contributed by atoms with E-state index in [1.54, 1.807) is 30.6 Å². The van der Waals surface area contributed by atoms with Crippen LogP contribution in [0.2, 0.25) is 0 Å². The van der Waals surface area contributed by atoms with E-state index in [9.17, 15) is 5.11 Å². The Morgan fingerprint density at radius 3 is 3.00 bits per heavy atom. The van der Waals surface area contributed by atoms with Crippen LogP contribution in [0, 0.1) is 0 Å². The highest BCUT2D eigenvalue weighted by Crippen LogP contribution is 2.22. The van der Waals surface area contributed by atoms with Crippen molar-refractivity contribution in [1.29, 1.82) is 0 Å². The molecule has 0 amide bonds. The number of rotatable bonds is 6. The third-order valence-corrected chi connectivity index (χ3v) is 3.42. The monoisotopic (exact) mass is 332 g/mol. The summed E-state index contributed by atoms with van der Waals surface area (Å²) in [4.78, 5) is 12.9. The number of aromatic nitrogens is 4. The number of imidazole rings is 1. The Morgan fingerprint density at radius 2 is 2.22 bits per heavy atom. The summed E-state index contributed by atoms with van der Waals surface area (Å²) in [5.74, 6) is 0.793. The normalized spacial score (nSPS) is 11.0.